The molecule has 0 atom stereocenters. The van der Waals surface area contributed by atoms with Crippen LogP contribution in [0.5, 0.6) is 5.75 Å². The number of anilines is 1. The van der Waals surface area contributed by atoms with Crippen molar-refractivity contribution in [2.75, 3.05) is 25.0 Å². The number of ether oxygens (including phenoxy) is 1. The Labute approximate surface area is 200 Å². The second kappa shape index (κ2) is 10.3. The lowest BCUT2D eigenvalue weighted by atomic mass is 10.1. The zero-order valence-electron chi connectivity index (χ0n) is 19.0. The molecule has 0 heterocycles. The minimum atomic E-state index is -4.02. The van der Waals surface area contributed by atoms with Gasteiger partial charge < -0.3 is 10.1 Å². The average Bonchev–Trinajstić information content (AvgIpc) is 2.71. The molecule has 0 radical (unpaired) electrons. The van der Waals surface area contributed by atoms with Gasteiger partial charge in [0.15, 0.2) is 0 Å². The van der Waals surface area contributed by atoms with Crippen molar-refractivity contribution >= 4 is 43.2 Å². The minimum absolute atomic E-state index is 0.0206. The Bertz CT molecular complexity index is 1210. The molecule has 0 aliphatic rings. The molecular weight excluding hydrogens is 490 g/mol. The summed E-state index contributed by atoms with van der Waals surface area (Å²) in [6, 6.07) is 9.45. The van der Waals surface area contributed by atoms with Crippen molar-refractivity contribution in [2.24, 2.45) is 0 Å². The molecule has 12 heteroatoms. The number of nitrogens with one attached hydrogen (secondary N) is 2. The summed E-state index contributed by atoms with van der Waals surface area (Å²) >= 11 is 5.84. The maximum Gasteiger partial charge on any atom is 0.264 e. The van der Waals surface area contributed by atoms with Gasteiger partial charge in [0.25, 0.3) is 10.0 Å². The van der Waals surface area contributed by atoms with E-state index in [4.69, 9.17) is 16.3 Å². The van der Waals surface area contributed by atoms with Gasteiger partial charge in [-0.1, -0.05) is 11.6 Å². The van der Waals surface area contributed by atoms with Crippen molar-refractivity contribution in [1.29, 1.82) is 0 Å². The number of benzene rings is 2. The second-order valence-corrected chi connectivity index (χ2v) is 12.4. The summed E-state index contributed by atoms with van der Waals surface area (Å²) in [6.07, 6.45) is -0.0512. The molecule has 0 saturated carbocycles. The molecule has 2 rings (SSSR count). The minimum Gasteiger partial charge on any atom is -0.495 e. The van der Waals surface area contributed by atoms with Crippen LogP contribution >= 0.6 is 11.6 Å². The molecule has 9 nitrogen and oxygen atoms in total. The van der Waals surface area contributed by atoms with Crippen LogP contribution in [0.1, 0.15) is 27.2 Å². The highest BCUT2D eigenvalue weighted by molar-refractivity contribution is 7.92. The highest BCUT2D eigenvalue weighted by Gasteiger charge is 2.26. The summed E-state index contributed by atoms with van der Waals surface area (Å²) < 4.78 is 60.2. The number of nitrogens with zero attached hydrogens (tertiary/aromatic N) is 1. The molecule has 0 spiro atoms. The first kappa shape index (κ1) is 26.9. The fourth-order valence-electron chi connectivity index (χ4n) is 2.84. The molecule has 0 saturated heterocycles. The maximum absolute atomic E-state index is 13.1. The van der Waals surface area contributed by atoms with Crippen LogP contribution < -0.4 is 19.1 Å². The van der Waals surface area contributed by atoms with E-state index >= 15 is 0 Å². The number of hydrogen-bond donors (Lipinski definition) is 2. The number of carbonyl (C=O) groups is 1. The SMILES string of the molecule is COc1ccc(S(=O)(=O)NCCC(=O)NC(C)(C)C)cc1N(C)S(=O)(=O)c1ccc(Cl)cc1. The van der Waals surface area contributed by atoms with Gasteiger partial charge in [-0.25, -0.2) is 21.6 Å². The van der Waals surface area contributed by atoms with Crippen LogP contribution in [0.15, 0.2) is 52.3 Å². The molecule has 2 aromatic rings. The zero-order chi connectivity index (χ0) is 25.0. The quantitative estimate of drug-likeness (QED) is 0.527. The lowest BCUT2D eigenvalue weighted by Crippen LogP contribution is -2.41. The van der Waals surface area contributed by atoms with Gasteiger partial charge in [-0.15, -0.1) is 0 Å². The van der Waals surface area contributed by atoms with E-state index in [-0.39, 0.29) is 40.1 Å². The van der Waals surface area contributed by atoms with Gasteiger partial charge in [0.2, 0.25) is 15.9 Å². The molecule has 0 aromatic heterocycles. The van der Waals surface area contributed by atoms with Crippen LogP contribution in [0.25, 0.3) is 0 Å². The van der Waals surface area contributed by atoms with Crippen molar-refractivity contribution in [3.05, 3.63) is 47.5 Å². The Morgan fingerprint density at radius 2 is 1.61 bits per heavy atom. The number of carbonyl (C=O) groups excluding carboxylic acids is 1. The molecule has 0 bridgehead atoms. The van der Waals surface area contributed by atoms with Crippen LogP contribution in [0.3, 0.4) is 0 Å². The van der Waals surface area contributed by atoms with Crippen molar-refractivity contribution in [3.63, 3.8) is 0 Å². The largest absolute Gasteiger partial charge is 0.495 e. The molecule has 1 amide bonds. The van der Waals surface area contributed by atoms with E-state index in [1.807, 2.05) is 20.8 Å². The molecule has 33 heavy (non-hydrogen) atoms. The summed E-state index contributed by atoms with van der Waals surface area (Å²) in [5.74, 6) is -0.132. The molecule has 2 N–H and O–H groups in total. The lowest BCUT2D eigenvalue weighted by Gasteiger charge is -2.22. The number of halogens is 1. The fraction of sp³-hybridized carbons (Fsp3) is 0.381. The average molecular weight is 518 g/mol. The second-order valence-electron chi connectivity index (χ2n) is 8.21. The summed E-state index contributed by atoms with van der Waals surface area (Å²) in [5, 5.41) is 3.13. The third kappa shape index (κ3) is 7.07. The summed E-state index contributed by atoms with van der Waals surface area (Å²) in [6.45, 7) is 5.35. The summed E-state index contributed by atoms with van der Waals surface area (Å²) in [4.78, 5) is 11.7. The molecule has 0 aliphatic heterocycles. The standard InChI is InChI=1S/C21H28ClN3O6S2/c1-21(2,3)24-20(26)12-13-23-32(27,28)17-10-11-19(31-5)18(14-17)25(4)33(29,30)16-8-6-15(22)7-9-16/h6-11,14,23H,12-13H2,1-5H3,(H,24,26). The normalized spacial score (nSPS) is 12.3. The van der Waals surface area contributed by atoms with Crippen molar-refractivity contribution in [3.8, 4) is 5.75 Å². The monoisotopic (exact) mass is 517 g/mol. The number of rotatable bonds is 9. The van der Waals surface area contributed by atoms with Gasteiger partial charge in [0.05, 0.1) is 22.6 Å². The molecule has 0 fully saturated rings. The van der Waals surface area contributed by atoms with Crippen molar-refractivity contribution in [2.45, 2.75) is 42.5 Å². The Kier molecular flexibility index (Phi) is 8.39. The first-order valence-corrected chi connectivity index (χ1v) is 13.2. The summed E-state index contributed by atoms with van der Waals surface area (Å²) in [7, 11) is -5.40. The smallest absolute Gasteiger partial charge is 0.264 e. The number of amides is 1. The number of sulfonamides is 2. The van der Waals surface area contributed by atoms with E-state index in [9.17, 15) is 21.6 Å². The highest BCUT2D eigenvalue weighted by atomic mass is 35.5. The Hall–Kier alpha value is -2.34. The van der Waals surface area contributed by atoms with Crippen LogP contribution in [0.4, 0.5) is 5.69 Å². The van der Waals surface area contributed by atoms with Gasteiger partial charge in [-0.2, -0.15) is 0 Å². The van der Waals surface area contributed by atoms with Crippen molar-refractivity contribution in [1.82, 2.24) is 10.0 Å². The maximum atomic E-state index is 13.1. The van der Waals surface area contributed by atoms with E-state index in [0.717, 1.165) is 4.31 Å². The predicted octanol–water partition coefficient (Wildman–Crippen LogP) is 2.76. The third-order valence-electron chi connectivity index (χ3n) is 4.43. The van der Waals surface area contributed by atoms with E-state index in [0.29, 0.717) is 5.02 Å². The van der Waals surface area contributed by atoms with Crippen LogP contribution in [0, 0.1) is 0 Å². The predicted molar refractivity (Wildman–Crippen MR) is 128 cm³/mol. The van der Waals surface area contributed by atoms with Gasteiger partial charge in [-0.3, -0.25) is 9.10 Å². The third-order valence-corrected chi connectivity index (χ3v) is 7.93. The first-order chi connectivity index (χ1) is 15.2. The lowest BCUT2D eigenvalue weighted by molar-refractivity contribution is -0.122. The molecule has 2 aromatic carbocycles. The Balaban J connectivity index is 2.29. The number of methoxy groups -OCH3 is 1. The highest BCUT2D eigenvalue weighted by Crippen LogP contribution is 2.33. The zero-order valence-corrected chi connectivity index (χ0v) is 21.4. The Morgan fingerprint density at radius 3 is 2.15 bits per heavy atom. The van der Waals surface area contributed by atoms with E-state index in [1.54, 1.807) is 0 Å². The topological polar surface area (TPSA) is 122 Å². The Morgan fingerprint density at radius 1 is 1.03 bits per heavy atom. The van der Waals surface area contributed by atoms with E-state index in [1.165, 1.54) is 56.6 Å². The molecular formula is C21H28ClN3O6S2. The van der Waals surface area contributed by atoms with E-state index in [2.05, 4.69) is 10.0 Å². The van der Waals surface area contributed by atoms with Gasteiger partial charge >= 0.3 is 0 Å². The molecule has 0 unspecified atom stereocenters. The number of hydrogen-bond acceptors (Lipinski definition) is 6. The molecule has 0 aliphatic carbocycles. The van der Waals surface area contributed by atoms with Gasteiger partial charge in [0.1, 0.15) is 5.75 Å². The fourth-order valence-corrected chi connectivity index (χ4v) is 5.22. The van der Waals surface area contributed by atoms with Gasteiger partial charge in [0, 0.05) is 30.6 Å². The van der Waals surface area contributed by atoms with Crippen LogP contribution in [-0.2, 0) is 24.8 Å². The molecule has 182 valence electrons. The summed E-state index contributed by atoms with van der Waals surface area (Å²) in [5.41, 5.74) is -0.401. The van der Waals surface area contributed by atoms with Crippen molar-refractivity contribution < 1.29 is 26.4 Å². The van der Waals surface area contributed by atoms with Crippen LogP contribution in [0.2, 0.25) is 5.02 Å². The van der Waals surface area contributed by atoms with Gasteiger partial charge in [-0.05, 0) is 63.2 Å². The van der Waals surface area contributed by atoms with E-state index < -0.39 is 25.6 Å². The first-order valence-electron chi connectivity index (χ1n) is 9.90. The van der Waals surface area contributed by atoms with Crippen LogP contribution in [-0.4, -0.2) is 49.0 Å².